The largest absolute Gasteiger partial charge is 0.338 e. The molecule has 0 saturated carbocycles. The van der Waals surface area contributed by atoms with Crippen molar-refractivity contribution in [2.24, 2.45) is 0 Å². The maximum Gasteiger partial charge on any atom is 0.322 e. The average molecular weight is 403 g/mol. The first kappa shape index (κ1) is 19.3. The summed E-state index contributed by atoms with van der Waals surface area (Å²) in [4.78, 5) is 18.7. The molecule has 0 bridgehead atoms. The summed E-state index contributed by atoms with van der Waals surface area (Å²) in [6.07, 6.45) is 3.60. The van der Waals surface area contributed by atoms with E-state index in [1.54, 1.807) is 17.2 Å². The highest BCUT2D eigenvalue weighted by Crippen LogP contribution is 2.23. The summed E-state index contributed by atoms with van der Waals surface area (Å²) in [7, 11) is 0. The van der Waals surface area contributed by atoms with Crippen LogP contribution in [0.4, 0.5) is 10.5 Å². The van der Waals surface area contributed by atoms with Gasteiger partial charge in [0.15, 0.2) is 0 Å². The third-order valence-corrected chi connectivity index (χ3v) is 4.69. The standard InChI is InChI=1S/C20H20Cl2N4O/c1-2-23-20(27)26(17-6-4-3-5-7-17)14-19-24-10-11-25(19)13-15-8-9-16(21)12-18(15)22/h3-12H,2,13-14H2,1H3,(H,23,27). The Labute approximate surface area is 168 Å². The van der Waals surface area contributed by atoms with E-state index < -0.39 is 0 Å². The smallest absolute Gasteiger partial charge is 0.322 e. The van der Waals surface area contributed by atoms with E-state index in [2.05, 4.69) is 10.3 Å². The van der Waals surface area contributed by atoms with Gasteiger partial charge in [0.05, 0.1) is 13.1 Å². The van der Waals surface area contributed by atoms with Gasteiger partial charge in [-0.25, -0.2) is 9.78 Å². The number of hydrogen-bond donors (Lipinski definition) is 1. The maximum atomic E-state index is 12.6. The number of imidazole rings is 1. The lowest BCUT2D eigenvalue weighted by molar-refractivity contribution is 0.246. The van der Waals surface area contributed by atoms with E-state index in [4.69, 9.17) is 23.2 Å². The molecule has 5 nitrogen and oxygen atoms in total. The summed E-state index contributed by atoms with van der Waals surface area (Å²) in [5.41, 5.74) is 1.74. The maximum absolute atomic E-state index is 12.6. The number of carbonyl (C=O) groups excluding carboxylic acids is 1. The van der Waals surface area contributed by atoms with Crippen LogP contribution in [0.1, 0.15) is 18.3 Å². The summed E-state index contributed by atoms with van der Waals surface area (Å²) in [6.45, 7) is 3.33. The number of nitrogens with zero attached hydrogens (tertiary/aromatic N) is 3. The number of rotatable bonds is 6. The fourth-order valence-corrected chi connectivity index (χ4v) is 3.21. The monoisotopic (exact) mass is 402 g/mol. The molecule has 0 aliphatic heterocycles. The molecule has 2 amide bonds. The lowest BCUT2D eigenvalue weighted by Crippen LogP contribution is -2.40. The Bertz CT molecular complexity index is 911. The van der Waals surface area contributed by atoms with Gasteiger partial charge in [-0.15, -0.1) is 0 Å². The first-order valence-electron chi connectivity index (χ1n) is 8.63. The Kier molecular flexibility index (Phi) is 6.37. The first-order valence-corrected chi connectivity index (χ1v) is 9.38. The minimum absolute atomic E-state index is 0.164. The van der Waals surface area contributed by atoms with E-state index in [-0.39, 0.29) is 6.03 Å². The summed E-state index contributed by atoms with van der Waals surface area (Å²) < 4.78 is 1.98. The Balaban J connectivity index is 1.85. The second-order valence-corrected chi connectivity index (χ2v) is 6.81. The second kappa shape index (κ2) is 8.93. The van der Waals surface area contributed by atoms with E-state index >= 15 is 0 Å². The number of aromatic nitrogens is 2. The minimum Gasteiger partial charge on any atom is -0.338 e. The molecule has 0 atom stereocenters. The normalized spacial score (nSPS) is 10.6. The van der Waals surface area contributed by atoms with E-state index in [0.717, 1.165) is 17.1 Å². The highest BCUT2D eigenvalue weighted by Gasteiger charge is 2.18. The highest BCUT2D eigenvalue weighted by atomic mass is 35.5. The van der Waals surface area contributed by atoms with Crippen LogP contribution in [0, 0.1) is 0 Å². The molecular weight excluding hydrogens is 383 g/mol. The van der Waals surface area contributed by atoms with Crippen LogP contribution in [0.15, 0.2) is 60.9 Å². The van der Waals surface area contributed by atoms with Crippen molar-refractivity contribution in [2.45, 2.75) is 20.0 Å². The van der Waals surface area contributed by atoms with Gasteiger partial charge in [-0.1, -0.05) is 47.5 Å². The molecule has 0 radical (unpaired) electrons. The molecule has 7 heteroatoms. The van der Waals surface area contributed by atoms with Crippen LogP contribution in [-0.4, -0.2) is 22.1 Å². The van der Waals surface area contributed by atoms with Crippen molar-refractivity contribution in [1.29, 1.82) is 0 Å². The summed E-state index contributed by atoms with van der Waals surface area (Å²) >= 11 is 12.3. The summed E-state index contributed by atoms with van der Waals surface area (Å²) in [5, 5.41) is 4.06. The number of nitrogens with one attached hydrogen (secondary N) is 1. The van der Waals surface area contributed by atoms with Crippen LogP contribution in [-0.2, 0) is 13.1 Å². The van der Waals surface area contributed by atoms with Crippen LogP contribution >= 0.6 is 23.2 Å². The average Bonchev–Trinajstić information content (AvgIpc) is 3.09. The van der Waals surface area contributed by atoms with Crippen LogP contribution in [0.25, 0.3) is 0 Å². The molecule has 1 N–H and O–H groups in total. The van der Waals surface area contributed by atoms with Gasteiger partial charge >= 0.3 is 6.03 Å². The molecule has 0 aliphatic rings. The van der Waals surface area contributed by atoms with Crippen LogP contribution < -0.4 is 10.2 Å². The van der Waals surface area contributed by atoms with Gasteiger partial charge in [-0.3, -0.25) is 4.90 Å². The number of halogens is 2. The van der Waals surface area contributed by atoms with Gasteiger partial charge in [0.25, 0.3) is 0 Å². The molecule has 2 aromatic carbocycles. The fraction of sp³-hybridized carbons (Fsp3) is 0.200. The van der Waals surface area contributed by atoms with Gasteiger partial charge in [0.2, 0.25) is 0 Å². The number of carbonyl (C=O) groups is 1. The van der Waals surface area contributed by atoms with E-state index in [1.807, 2.05) is 60.2 Å². The number of para-hydroxylation sites is 1. The number of hydrogen-bond acceptors (Lipinski definition) is 2. The SMILES string of the molecule is CCNC(=O)N(Cc1nccn1Cc1ccc(Cl)cc1Cl)c1ccccc1. The molecule has 0 saturated heterocycles. The van der Waals surface area contributed by atoms with Gasteiger partial charge in [-0.05, 0) is 36.8 Å². The Morgan fingerprint density at radius 2 is 1.96 bits per heavy atom. The quantitative estimate of drug-likeness (QED) is 0.632. The van der Waals surface area contributed by atoms with Crippen molar-refractivity contribution in [1.82, 2.24) is 14.9 Å². The molecule has 0 unspecified atom stereocenters. The minimum atomic E-state index is -0.164. The van der Waals surface area contributed by atoms with Crippen molar-refractivity contribution in [2.75, 3.05) is 11.4 Å². The van der Waals surface area contributed by atoms with Gasteiger partial charge < -0.3 is 9.88 Å². The van der Waals surface area contributed by atoms with Gasteiger partial charge in [-0.2, -0.15) is 0 Å². The predicted octanol–water partition coefficient (Wildman–Crippen LogP) is 4.97. The Hall–Kier alpha value is -2.50. The van der Waals surface area contributed by atoms with Crippen molar-refractivity contribution < 1.29 is 4.79 Å². The number of urea groups is 1. The number of benzene rings is 2. The molecule has 0 fully saturated rings. The molecule has 140 valence electrons. The molecule has 0 spiro atoms. The van der Waals surface area contributed by atoms with Gasteiger partial charge in [0.1, 0.15) is 5.82 Å². The zero-order valence-corrected chi connectivity index (χ0v) is 16.4. The molecule has 3 rings (SSSR count). The molecule has 3 aromatic rings. The first-order chi connectivity index (χ1) is 13.1. The number of amides is 2. The highest BCUT2D eigenvalue weighted by molar-refractivity contribution is 6.35. The van der Waals surface area contributed by atoms with Crippen LogP contribution in [0.2, 0.25) is 10.0 Å². The van der Waals surface area contributed by atoms with E-state index in [1.165, 1.54) is 0 Å². The predicted molar refractivity (Wildman–Crippen MR) is 109 cm³/mol. The van der Waals surface area contributed by atoms with Crippen molar-refractivity contribution >= 4 is 34.9 Å². The molecule has 1 aromatic heterocycles. The number of anilines is 1. The molecule has 1 heterocycles. The van der Waals surface area contributed by atoms with Crippen molar-refractivity contribution in [3.05, 3.63) is 82.4 Å². The second-order valence-electron chi connectivity index (χ2n) is 5.96. The molecule has 27 heavy (non-hydrogen) atoms. The Morgan fingerprint density at radius 3 is 2.67 bits per heavy atom. The van der Waals surface area contributed by atoms with Crippen LogP contribution in [0.3, 0.4) is 0 Å². The van der Waals surface area contributed by atoms with Crippen LogP contribution in [0.5, 0.6) is 0 Å². The zero-order chi connectivity index (χ0) is 19.2. The van der Waals surface area contributed by atoms with E-state index in [0.29, 0.717) is 29.7 Å². The van der Waals surface area contributed by atoms with Crippen molar-refractivity contribution in [3.8, 4) is 0 Å². The molecule has 0 aliphatic carbocycles. The zero-order valence-electron chi connectivity index (χ0n) is 14.9. The Morgan fingerprint density at radius 1 is 1.19 bits per heavy atom. The lowest BCUT2D eigenvalue weighted by atomic mass is 10.2. The summed E-state index contributed by atoms with van der Waals surface area (Å²) in [6, 6.07) is 14.8. The lowest BCUT2D eigenvalue weighted by Gasteiger charge is -2.23. The topological polar surface area (TPSA) is 50.2 Å². The fourth-order valence-electron chi connectivity index (χ4n) is 2.75. The van der Waals surface area contributed by atoms with Gasteiger partial charge in [0, 0.05) is 34.7 Å². The van der Waals surface area contributed by atoms with E-state index in [9.17, 15) is 4.79 Å². The third-order valence-electron chi connectivity index (χ3n) is 4.10. The molecular formula is C20H20Cl2N4O. The third kappa shape index (κ3) is 4.81. The van der Waals surface area contributed by atoms with Crippen molar-refractivity contribution in [3.63, 3.8) is 0 Å². The summed E-state index contributed by atoms with van der Waals surface area (Å²) in [5.74, 6) is 0.760.